The minimum Gasteiger partial charge on any atom is -0.461 e. The minimum atomic E-state index is -0.187. The second kappa shape index (κ2) is 8.73. The van der Waals surface area contributed by atoms with Gasteiger partial charge in [0, 0.05) is 30.2 Å². The van der Waals surface area contributed by atoms with Gasteiger partial charge < -0.3 is 18.8 Å². The van der Waals surface area contributed by atoms with Crippen molar-refractivity contribution in [3.05, 3.63) is 108 Å². The lowest BCUT2D eigenvalue weighted by Gasteiger charge is -2.10. The molecular weight excluding hydrogens is 406 g/mol. The first-order valence-electron chi connectivity index (χ1n) is 10.0. The van der Waals surface area contributed by atoms with Crippen molar-refractivity contribution in [3.8, 4) is 11.6 Å². The van der Waals surface area contributed by atoms with Crippen LogP contribution in [0.3, 0.4) is 0 Å². The summed E-state index contributed by atoms with van der Waals surface area (Å²) in [4.78, 5) is 21.2. The number of nitrogens with zero attached hydrogens (tertiary/aromatic N) is 4. The van der Waals surface area contributed by atoms with Gasteiger partial charge in [0.1, 0.15) is 0 Å². The van der Waals surface area contributed by atoms with E-state index in [0.29, 0.717) is 41.7 Å². The van der Waals surface area contributed by atoms with Crippen LogP contribution in [0.2, 0.25) is 0 Å². The lowest BCUT2D eigenvalue weighted by molar-refractivity contribution is 0.102. The molecule has 158 valence electrons. The smallest absolute Gasteiger partial charge is 0.255 e. The molecule has 5 aromatic rings. The predicted molar refractivity (Wildman–Crippen MR) is 117 cm³/mol. The fourth-order valence-corrected chi connectivity index (χ4v) is 3.34. The van der Waals surface area contributed by atoms with Crippen molar-refractivity contribution in [2.24, 2.45) is 0 Å². The van der Waals surface area contributed by atoms with Crippen LogP contribution in [-0.4, -0.2) is 25.6 Å². The van der Waals surface area contributed by atoms with Crippen LogP contribution in [0.15, 0.2) is 94.6 Å². The molecule has 32 heavy (non-hydrogen) atoms. The van der Waals surface area contributed by atoms with Crippen molar-refractivity contribution in [1.29, 1.82) is 0 Å². The number of imidazole rings is 1. The molecule has 8 heteroatoms. The zero-order valence-electron chi connectivity index (χ0n) is 17.0. The van der Waals surface area contributed by atoms with E-state index in [1.54, 1.807) is 30.9 Å². The lowest BCUT2D eigenvalue weighted by atomic mass is 10.1. The highest BCUT2D eigenvalue weighted by molar-refractivity contribution is 6.04. The number of hydrogen-bond donors (Lipinski definition) is 1. The summed E-state index contributed by atoms with van der Waals surface area (Å²) < 4.78 is 12.6. The number of anilines is 1. The molecule has 0 fully saturated rings. The summed E-state index contributed by atoms with van der Waals surface area (Å²) in [5.41, 5.74) is 3.22. The number of benzene rings is 2. The molecular formula is C24H19N5O3. The normalized spacial score (nSPS) is 10.9. The third-order valence-electron chi connectivity index (χ3n) is 4.96. The number of furan rings is 1. The Kier molecular flexibility index (Phi) is 5.32. The monoisotopic (exact) mass is 425 g/mol. The number of amides is 1. The Labute approximate surface area is 183 Å². The standard InChI is InChI=1S/C24H19N5O3/c30-24(18-9-7-17(8-10-18)15-29-12-11-25-16-29)26-20-5-2-1-4-19(20)14-22-27-23(28-32-22)21-6-3-13-31-21/h1-13,16H,14-15H2,(H,26,30). The average molecular weight is 425 g/mol. The van der Waals surface area contributed by atoms with Crippen LogP contribution >= 0.6 is 0 Å². The summed E-state index contributed by atoms with van der Waals surface area (Å²) in [5.74, 6) is 1.18. The Balaban J connectivity index is 1.28. The Morgan fingerprint density at radius 3 is 2.69 bits per heavy atom. The number of para-hydroxylation sites is 1. The summed E-state index contributed by atoms with van der Waals surface area (Å²) in [6, 6.07) is 18.6. The summed E-state index contributed by atoms with van der Waals surface area (Å²) in [7, 11) is 0. The van der Waals surface area contributed by atoms with Crippen molar-refractivity contribution in [2.45, 2.75) is 13.0 Å². The summed E-state index contributed by atoms with van der Waals surface area (Å²) >= 11 is 0. The van der Waals surface area contributed by atoms with E-state index in [1.807, 2.05) is 59.3 Å². The van der Waals surface area contributed by atoms with Gasteiger partial charge in [-0.2, -0.15) is 4.98 Å². The molecule has 0 spiro atoms. The quantitative estimate of drug-likeness (QED) is 0.414. The number of hydrogen-bond acceptors (Lipinski definition) is 6. The molecule has 5 rings (SSSR count). The maximum absolute atomic E-state index is 12.8. The van der Waals surface area contributed by atoms with E-state index in [2.05, 4.69) is 20.4 Å². The van der Waals surface area contributed by atoms with Gasteiger partial charge in [-0.05, 0) is 41.5 Å². The van der Waals surface area contributed by atoms with Gasteiger partial charge in [0.2, 0.25) is 11.7 Å². The number of aromatic nitrogens is 4. The molecule has 0 atom stereocenters. The average Bonchev–Trinajstić information content (AvgIpc) is 3.59. The number of rotatable bonds is 7. The van der Waals surface area contributed by atoms with Gasteiger partial charge in [-0.3, -0.25) is 4.79 Å². The molecule has 1 N–H and O–H groups in total. The van der Waals surface area contributed by atoms with Gasteiger partial charge in [0.25, 0.3) is 5.91 Å². The highest BCUT2D eigenvalue weighted by Crippen LogP contribution is 2.22. The third-order valence-corrected chi connectivity index (χ3v) is 4.96. The summed E-state index contributed by atoms with van der Waals surface area (Å²) in [6.07, 6.45) is 7.34. The van der Waals surface area contributed by atoms with Crippen LogP contribution in [0.4, 0.5) is 5.69 Å². The first-order chi connectivity index (χ1) is 15.7. The summed E-state index contributed by atoms with van der Waals surface area (Å²) in [5, 5.41) is 6.94. The molecule has 0 saturated heterocycles. The van der Waals surface area contributed by atoms with Crippen molar-refractivity contribution < 1.29 is 13.7 Å². The highest BCUT2D eigenvalue weighted by atomic mass is 16.5. The number of carbonyl (C=O) groups is 1. The van der Waals surface area contributed by atoms with E-state index in [-0.39, 0.29) is 5.91 Å². The van der Waals surface area contributed by atoms with E-state index in [0.717, 1.165) is 11.1 Å². The Morgan fingerprint density at radius 1 is 1.03 bits per heavy atom. The first kappa shape index (κ1) is 19.5. The molecule has 2 aromatic carbocycles. The van der Waals surface area contributed by atoms with Crippen LogP contribution in [0.25, 0.3) is 11.6 Å². The van der Waals surface area contributed by atoms with Crippen molar-refractivity contribution in [1.82, 2.24) is 19.7 Å². The van der Waals surface area contributed by atoms with Crippen molar-refractivity contribution >= 4 is 11.6 Å². The SMILES string of the molecule is O=C(Nc1ccccc1Cc1nc(-c2ccco2)no1)c1ccc(Cn2ccnc2)cc1. The molecule has 3 heterocycles. The van der Waals surface area contributed by atoms with Crippen LogP contribution in [0.5, 0.6) is 0 Å². The molecule has 1 amide bonds. The molecule has 0 bridgehead atoms. The molecule has 0 aliphatic heterocycles. The highest BCUT2D eigenvalue weighted by Gasteiger charge is 2.14. The zero-order valence-corrected chi connectivity index (χ0v) is 17.0. The largest absolute Gasteiger partial charge is 0.461 e. The number of nitrogens with one attached hydrogen (secondary N) is 1. The zero-order chi connectivity index (χ0) is 21.8. The predicted octanol–water partition coefficient (Wildman–Crippen LogP) is 4.42. The van der Waals surface area contributed by atoms with Gasteiger partial charge in [-0.1, -0.05) is 35.5 Å². The number of carbonyl (C=O) groups excluding carboxylic acids is 1. The molecule has 0 saturated carbocycles. The molecule has 0 aliphatic carbocycles. The van der Waals surface area contributed by atoms with Crippen LogP contribution in [0.1, 0.15) is 27.4 Å². The fourth-order valence-electron chi connectivity index (χ4n) is 3.34. The molecule has 8 nitrogen and oxygen atoms in total. The molecule has 0 unspecified atom stereocenters. The molecule has 3 aromatic heterocycles. The van der Waals surface area contributed by atoms with Crippen LogP contribution < -0.4 is 5.32 Å². The van der Waals surface area contributed by atoms with Crippen molar-refractivity contribution in [2.75, 3.05) is 5.32 Å². The minimum absolute atomic E-state index is 0.187. The Hall–Kier alpha value is -4.46. The van der Waals surface area contributed by atoms with Crippen molar-refractivity contribution in [3.63, 3.8) is 0 Å². The van der Waals surface area contributed by atoms with E-state index in [9.17, 15) is 4.79 Å². The molecule has 0 aliphatic rings. The summed E-state index contributed by atoms with van der Waals surface area (Å²) in [6.45, 7) is 0.703. The molecule has 0 radical (unpaired) electrons. The van der Waals surface area contributed by atoms with Crippen LogP contribution in [0, 0.1) is 0 Å². The van der Waals surface area contributed by atoms with Gasteiger partial charge in [-0.25, -0.2) is 4.98 Å². The Morgan fingerprint density at radius 2 is 1.91 bits per heavy atom. The lowest BCUT2D eigenvalue weighted by Crippen LogP contribution is -2.13. The third kappa shape index (κ3) is 4.34. The van der Waals surface area contributed by atoms with E-state index >= 15 is 0 Å². The maximum atomic E-state index is 12.8. The Bertz CT molecular complexity index is 1310. The maximum Gasteiger partial charge on any atom is 0.255 e. The van der Waals surface area contributed by atoms with E-state index < -0.39 is 0 Å². The van der Waals surface area contributed by atoms with Gasteiger partial charge in [0.15, 0.2) is 5.76 Å². The topological polar surface area (TPSA) is 99.0 Å². The second-order valence-corrected chi connectivity index (χ2v) is 7.21. The van der Waals surface area contributed by atoms with E-state index in [4.69, 9.17) is 8.94 Å². The van der Waals surface area contributed by atoms with Gasteiger partial charge in [0.05, 0.1) is 19.0 Å². The van der Waals surface area contributed by atoms with Crippen LogP contribution in [-0.2, 0) is 13.0 Å². The fraction of sp³-hybridized carbons (Fsp3) is 0.0833. The van der Waals surface area contributed by atoms with Gasteiger partial charge in [-0.15, -0.1) is 0 Å². The van der Waals surface area contributed by atoms with E-state index in [1.165, 1.54) is 0 Å². The first-order valence-corrected chi connectivity index (χ1v) is 10.0. The second-order valence-electron chi connectivity index (χ2n) is 7.21. The van der Waals surface area contributed by atoms with Gasteiger partial charge >= 0.3 is 0 Å².